The van der Waals surface area contributed by atoms with Crippen LogP contribution >= 0.6 is 11.8 Å². The summed E-state index contributed by atoms with van der Waals surface area (Å²) in [5, 5.41) is 36.6. The highest BCUT2D eigenvalue weighted by molar-refractivity contribution is 8.00. The Morgan fingerprint density at radius 2 is 1.81 bits per heavy atom. The van der Waals surface area contributed by atoms with Gasteiger partial charge in [-0.2, -0.15) is 0 Å². The van der Waals surface area contributed by atoms with Crippen molar-refractivity contribution in [2.75, 3.05) is 6.61 Å². The van der Waals surface area contributed by atoms with Gasteiger partial charge in [0, 0.05) is 0 Å². The zero-order valence-corrected chi connectivity index (χ0v) is 10.9. The second kappa shape index (κ2) is 6.78. The van der Waals surface area contributed by atoms with Gasteiger partial charge in [-0.1, -0.05) is 25.6 Å². The summed E-state index contributed by atoms with van der Waals surface area (Å²) in [5.74, 6) is 0. The van der Waals surface area contributed by atoms with E-state index < -0.39 is 35.3 Å². The van der Waals surface area contributed by atoms with Gasteiger partial charge in [0.1, 0.15) is 0 Å². The molecule has 1 aliphatic rings. The van der Waals surface area contributed by atoms with Gasteiger partial charge in [-0.15, -0.1) is 0 Å². The minimum atomic E-state index is -1.08. The SMILES string of the molecule is CC.CC1(C)OC(O)SC(C(O)CO)C1O. The van der Waals surface area contributed by atoms with Gasteiger partial charge in [-0.3, -0.25) is 0 Å². The largest absolute Gasteiger partial charge is 0.394 e. The zero-order valence-electron chi connectivity index (χ0n) is 10.1. The predicted octanol–water partition coefficient (Wildman–Crippen LogP) is -0.0868. The van der Waals surface area contributed by atoms with Gasteiger partial charge in [-0.05, 0) is 13.8 Å². The van der Waals surface area contributed by atoms with Gasteiger partial charge in [0.15, 0.2) is 0 Å². The van der Waals surface area contributed by atoms with E-state index in [0.717, 1.165) is 11.8 Å². The number of thioether (sulfide) groups is 1. The first kappa shape index (κ1) is 16.1. The highest BCUT2D eigenvalue weighted by atomic mass is 32.2. The van der Waals surface area contributed by atoms with Crippen molar-refractivity contribution in [1.29, 1.82) is 0 Å². The first-order chi connectivity index (χ1) is 7.38. The molecular weight excluding hydrogens is 232 g/mol. The molecule has 0 spiro atoms. The Morgan fingerprint density at radius 3 is 2.25 bits per heavy atom. The average Bonchev–Trinajstić information content (AvgIpc) is 2.24. The maximum atomic E-state index is 9.79. The summed E-state index contributed by atoms with van der Waals surface area (Å²) in [7, 11) is 0. The molecule has 4 unspecified atom stereocenters. The molecule has 1 saturated heterocycles. The van der Waals surface area contributed by atoms with E-state index in [1.54, 1.807) is 13.8 Å². The standard InChI is InChI=1S/C8H16O5S.C2H6/c1-8(2)6(11)5(4(10)3-9)14-7(12)13-8;1-2/h4-7,9-12H,3H2,1-2H3;1-2H3. The Hall–Kier alpha value is 0.150. The van der Waals surface area contributed by atoms with E-state index in [1.165, 1.54) is 0 Å². The van der Waals surface area contributed by atoms with E-state index in [4.69, 9.17) is 9.84 Å². The number of hydrogen-bond acceptors (Lipinski definition) is 6. The van der Waals surface area contributed by atoms with Crippen LogP contribution in [0.2, 0.25) is 0 Å². The number of aliphatic hydroxyl groups excluding tert-OH is 4. The Kier molecular flexibility index (Phi) is 6.84. The van der Waals surface area contributed by atoms with Crippen molar-refractivity contribution in [3.63, 3.8) is 0 Å². The third-order valence-corrected chi connectivity index (χ3v) is 3.48. The molecule has 6 heteroatoms. The lowest BCUT2D eigenvalue weighted by atomic mass is 9.95. The van der Waals surface area contributed by atoms with Gasteiger partial charge in [0.05, 0.1) is 29.7 Å². The van der Waals surface area contributed by atoms with Crippen molar-refractivity contribution in [2.45, 2.75) is 56.4 Å². The molecule has 1 rings (SSSR count). The molecule has 1 fully saturated rings. The van der Waals surface area contributed by atoms with Gasteiger partial charge in [0.25, 0.3) is 0 Å². The highest BCUT2D eigenvalue weighted by Gasteiger charge is 2.45. The number of ether oxygens (including phenoxy) is 1. The molecule has 1 aliphatic heterocycles. The fraction of sp³-hybridized carbons (Fsp3) is 1.00. The Labute approximate surface area is 100 Å². The molecule has 1 heterocycles. The van der Waals surface area contributed by atoms with E-state index in [1.807, 2.05) is 13.8 Å². The summed E-state index contributed by atoms with van der Waals surface area (Å²) in [6, 6.07) is 0. The lowest BCUT2D eigenvalue weighted by Crippen LogP contribution is -2.56. The van der Waals surface area contributed by atoms with Crippen molar-refractivity contribution in [3.05, 3.63) is 0 Å². The van der Waals surface area contributed by atoms with Crippen molar-refractivity contribution in [3.8, 4) is 0 Å². The minimum absolute atomic E-state index is 0.447. The van der Waals surface area contributed by atoms with Gasteiger partial charge >= 0.3 is 0 Å². The van der Waals surface area contributed by atoms with Gasteiger partial charge < -0.3 is 25.2 Å². The maximum absolute atomic E-state index is 9.79. The van der Waals surface area contributed by atoms with Crippen LogP contribution in [0.3, 0.4) is 0 Å². The monoisotopic (exact) mass is 254 g/mol. The molecule has 4 N–H and O–H groups in total. The van der Waals surface area contributed by atoms with Crippen LogP contribution in [-0.2, 0) is 4.74 Å². The molecule has 0 radical (unpaired) electrons. The Bertz CT molecular complexity index is 200. The van der Waals surface area contributed by atoms with Gasteiger partial charge in [-0.25, -0.2) is 0 Å². The fourth-order valence-electron chi connectivity index (χ4n) is 1.37. The molecule has 0 aromatic rings. The molecule has 0 saturated carbocycles. The summed E-state index contributed by atoms with van der Waals surface area (Å²) < 4.78 is 5.09. The molecule has 0 bridgehead atoms. The summed E-state index contributed by atoms with van der Waals surface area (Å²) >= 11 is 0.903. The summed E-state index contributed by atoms with van der Waals surface area (Å²) in [6.45, 7) is 6.80. The quantitative estimate of drug-likeness (QED) is 0.551. The van der Waals surface area contributed by atoms with Crippen LogP contribution in [0.15, 0.2) is 0 Å². The molecule has 16 heavy (non-hydrogen) atoms. The number of aliphatic hydroxyl groups is 4. The van der Waals surface area contributed by atoms with Crippen LogP contribution in [-0.4, -0.2) is 55.7 Å². The summed E-state index contributed by atoms with van der Waals surface area (Å²) in [5.41, 5.74) is -2.01. The van der Waals surface area contributed by atoms with E-state index in [0.29, 0.717) is 0 Å². The van der Waals surface area contributed by atoms with Crippen LogP contribution in [0.25, 0.3) is 0 Å². The third-order valence-electron chi connectivity index (χ3n) is 2.27. The van der Waals surface area contributed by atoms with E-state index >= 15 is 0 Å². The van der Waals surface area contributed by atoms with Crippen LogP contribution in [0.4, 0.5) is 0 Å². The fourth-order valence-corrected chi connectivity index (χ4v) is 2.68. The van der Waals surface area contributed by atoms with Crippen LogP contribution < -0.4 is 0 Å². The topological polar surface area (TPSA) is 90.2 Å². The Balaban J connectivity index is 0.00000106. The molecular formula is C10H22O5S. The average molecular weight is 254 g/mol. The van der Waals surface area contributed by atoms with Crippen molar-refractivity contribution < 1.29 is 25.2 Å². The summed E-state index contributed by atoms with van der Waals surface area (Å²) in [6.07, 6.45) is -1.99. The second-order valence-electron chi connectivity index (χ2n) is 3.82. The molecule has 0 aromatic heterocycles. The first-order valence-corrected chi connectivity index (χ1v) is 6.31. The number of hydrogen-bond donors (Lipinski definition) is 4. The molecule has 4 atom stereocenters. The summed E-state index contributed by atoms with van der Waals surface area (Å²) in [4.78, 5) is 0. The molecule has 0 aromatic carbocycles. The predicted molar refractivity (Wildman–Crippen MR) is 63.0 cm³/mol. The third kappa shape index (κ3) is 3.87. The Morgan fingerprint density at radius 1 is 1.31 bits per heavy atom. The van der Waals surface area contributed by atoms with Crippen LogP contribution in [0.1, 0.15) is 27.7 Å². The van der Waals surface area contributed by atoms with E-state index in [9.17, 15) is 15.3 Å². The van der Waals surface area contributed by atoms with Crippen LogP contribution in [0, 0.1) is 0 Å². The van der Waals surface area contributed by atoms with E-state index in [2.05, 4.69) is 0 Å². The molecule has 98 valence electrons. The van der Waals surface area contributed by atoms with Gasteiger partial charge in [0.2, 0.25) is 5.62 Å². The molecule has 0 aliphatic carbocycles. The van der Waals surface area contributed by atoms with Crippen molar-refractivity contribution in [1.82, 2.24) is 0 Å². The molecule has 5 nitrogen and oxygen atoms in total. The lowest BCUT2D eigenvalue weighted by Gasteiger charge is -2.43. The second-order valence-corrected chi connectivity index (χ2v) is 5.04. The number of rotatable bonds is 2. The smallest absolute Gasteiger partial charge is 0.205 e. The zero-order chi connectivity index (χ0) is 12.9. The van der Waals surface area contributed by atoms with Crippen molar-refractivity contribution in [2.24, 2.45) is 0 Å². The lowest BCUT2D eigenvalue weighted by molar-refractivity contribution is -0.184. The van der Waals surface area contributed by atoms with Crippen LogP contribution in [0.5, 0.6) is 0 Å². The first-order valence-electron chi connectivity index (χ1n) is 5.37. The van der Waals surface area contributed by atoms with Crippen molar-refractivity contribution >= 4 is 11.8 Å². The molecule has 0 amide bonds. The normalized spacial score (nSPS) is 34.9. The maximum Gasteiger partial charge on any atom is 0.205 e. The highest BCUT2D eigenvalue weighted by Crippen LogP contribution is 2.37. The van der Waals surface area contributed by atoms with E-state index in [-0.39, 0.29) is 0 Å². The minimum Gasteiger partial charge on any atom is -0.394 e.